The van der Waals surface area contributed by atoms with Gasteiger partial charge in [-0.3, -0.25) is 9.89 Å². The van der Waals surface area contributed by atoms with Crippen LogP contribution in [-0.2, 0) is 4.74 Å². The first-order valence-corrected chi connectivity index (χ1v) is 9.56. The summed E-state index contributed by atoms with van der Waals surface area (Å²) in [7, 11) is 0. The van der Waals surface area contributed by atoms with Crippen LogP contribution in [-0.4, -0.2) is 46.4 Å². The Balaban J connectivity index is 1.52. The molecule has 2 aromatic heterocycles. The summed E-state index contributed by atoms with van der Waals surface area (Å²) in [6.45, 7) is 0.899. The number of fused-ring (bicyclic) bond motifs is 7. The summed E-state index contributed by atoms with van der Waals surface area (Å²) >= 11 is 1.35. The summed E-state index contributed by atoms with van der Waals surface area (Å²) < 4.78 is 5.48. The Kier molecular flexibility index (Phi) is 4.74. The summed E-state index contributed by atoms with van der Waals surface area (Å²) in [5.41, 5.74) is 1.37. The number of nitrogens with one attached hydrogen (secondary N) is 4. The fourth-order valence-electron chi connectivity index (χ4n) is 3.25. The second kappa shape index (κ2) is 7.32. The summed E-state index contributed by atoms with van der Waals surface area (Å²) in [5, 5.41) is 18.3. The largest absolute Gasteiger partial charge is 0.446 e. The zero-order valence-corrected chi connectivity index (χ0v) is 14.9. The third-order valence-electron chi connectivity index (χ3n) is 4.58. The molecular weight excluding hydrogens is 356 g/mol. The number of carbonyl (C=O) groups is 2. The lowest BCUT2D eigenvalue weighted by Gasteiger charge is -2.13. The molecule has 2 aliphatic rings. The number of amides is 2. The molecule has 3 heterocycles. The van der Waals surface area contributed by atoms with E-state index in [2.05, 4.69) is 31.1 Å². The van der Waals surface area contributed by atoms with Crippen LogP contribution in [0.15, 0.2) is 11.4 Å². The van der Waals surface area contributed by atoms with Gasteiger partial charge in [-0.25, -0.2) is 9.78 Å². The number of aromatic nitrogens is 3. The van der Waals surface area contributed by atoms with E-state index in [1.54, 1.807) is 5.38 Å². The van der Waals surface area contributed by atoms with E-state index in [0.717, 1.165) is 25.0 Å². The summed E-state index contributed by atoms with van der Waals surface area (Å²) in [5.74, 6) is 0.704. The highest BCUT2D eigenvalue weighted by Gasteiger charge is 2.30. The van der Waals surface area contributed by atoms with Crippen molar-refractivity contribution in [2.45, 2.75) is 37.7 Å². The number of anilines is 2. The Bertz CT molecular complexity index is 804. The zero-order valence-electron chi connectivity index (χ0n) is 14.1. The van der Waals surface area contributed by atoms with E-state index in [0.29, 0.717) is 36.2 Å². The number of rotatable bonds is 0. The predicted octanol–water partition coefficient (Wildman–Crippen LogP) is 2.11. The van der Waals surface area contributed by atoms with E-state index in [9.17, 15) is 9.59 Å². The molecule has 0 aromatic carbocycles. The third-order valence-corrected chi connectivity index (χ3v) is 5.33. The molecule has 1 fully saturated rings. The Morgan fingerprint density at radius 3 is 3.00 bits per heavy atom. The number of carbonyl (C=O) groups excluding carboxylic acids is 2. The van der Waals surface area contributed by atoms with Crippen LogP contribution in [0.4, 0.5) is 15.7 Å². The van der Waals surface area contributed by atoms with Crippen molar-refractivity contribution in [3.63, 3.8) is 0 Å². The van der Waals surface area contributed by atoms with Crippen molar-refractivity contribution >= 4 is 34.3 Å². The van der Waals surface area contributed by atoms with Gasteiger partial charge in [-0.2, -0.15) is 5.10 Å². The Morgan fingerprint density at radius 2 is 2.08 bits per heavy atom. The van der Waals surface area contributed by atoms with Gasteiger partial charge in [0.25, 0.3) is 5.91 Å². The monoisotopic (exact) mass is 376 g/mol. The number of nitrogens with zero attached hydrogens (tertiary/aromatic N) is 2. The molecule has 26 heavy (non-hydrogen) atoms. The van der Waals surface area contributed by atoms with Crippen LogP contribution >= 0.6 is 11.3 Å². The molecule has 0 unspecified atom stereocenters. The molecule has 4 N–H and O–H groups in total. The molecule has 10 heteroatoms. The maximum absolute atomic E-state index is 12.1. The average Bonchev–Trinajstić information content (AvgIpc) is 3.34. The van der Waals surface area contributed by atoms with Crippen LogP contribution < -0.4 is 16.0 Å². The van der Waals surface area contributed by atoms with Crippen LogP contribution in [0.25, 0.3) is 0 Å². The molecule has 2 aromatic rings. The topological polar surface area (TPSA) is 121 Å². The summed E-state index contributed by atoms with van der Waals surface area (Å²) in [4.78, 5) is 28.3. The minimum Gasteiger partial charge on any atom is -0.446 e. The van der Waals surface area contributed by atoms with Gasteiger partial charge in [0.15, 0.2) is 10.9 Å². The summed E-state index contributed by atoms with van der Waals surface area (Å²) in [6.07, 6.45) is 2.70. The molecule has 0 saturated heterocycles. The number of hydrogen-bond donors (Lipinski definition) is 4. The molecule has 138 valence electrons. The number of aromatic amines is 1. The maximum atomic E-state index is 12.1. The molecule has 9 nitrogen and oxygen atoms in total. The van der Waals surface area contributed by atoms with E-state index < -0.39 is 6.09 Å². The van der Waals surface area contributed by atoms with Crippen molar-refractivity contribution in [1.82, 2.24) is 25.8 Å². The van der Waals surface area contributed by atoms with Crippen LogP contribution in [0.2, 0.25) is 0 Å². The van der Waals surface area contributed by atoms with Gasteiger partial charge in [-0.1, -0.05) is 0 Å². The van der Waals surface area contributed by atoms with Gasteiger partial charge in [0.2, 0.25) is 0 Å². The lowest BCUT2D eigenvalue weighted by molar-refractivity contribution is 0.0948. The molecule has 1 aliphatic heterocycles. The second-order valence-corrected chi connectivity index (χ2v) is 7.30. The standard InChI is InChI=1S/C16H20N6O3S/c23-14-12-8-26-15(19-12)20-13-7-11(21-22-13)9-2-3-10(6-9)25-16(24)18-5-1-4-17-14/h7-10H,1-6H2,(H,17,23)(H,18,24)(H2,19,20,21,22)/t9-,10+/m0/s1. The number of alkyl carbamates (subject to hydrolysis) is 1. The molecule has 2 atom stereocenters. The Labute approximate surface area is 153 Å². The van der Waals surface area contributed by atoms with E-state index in [-0.39, 0.29) is 17.9 Å². The normalized spacial score (nSPS) is 23.8. The van der Waals surface area contributed by atoms with Crippen LogP contribution in [0, 0.1) is 0 Å². The third kappa shape index (κ3) is 3.79. The number of H-pyrrole nitrogens is 1. The van der Waals surface area contributed by atoms with Crippen LogP contribution in [0.3, 0.4) is 0 Å². The molecule has 1 saturated carbocycles. The molecular formula is C16H20N6O3S. The SMILES string of the molecule is O=C1NCCCNC(=O)c2csc(n2)Nc2cc([nH]n2)[C@H]2CC[C@H](C2)O1. The first kappa shape index (κ1) is 16.8. The zero-order chi connectivity index (χ0) is 17.9. The summed E-state index contributed by atoms with van der Waals surface area (Å²) in [6, 6.07) is 1.94. The van der Waals surface area contributed by atoms with Crippen molar-refractivity contribution in [2.24, 2.45) is 0 Å². The van der Waals surface area contributed by atoms with Gasteiger partial charge < -0.3 is 20.7 Å². The fourth-order valence-corrected chi connectivity index (χ4v) is 3.95. The van der Waals surface area contributed by atoms with Gasteiger partial charge in [0, 0.05) is 36.1 Å². The molecule has 4 rings (SSSR count). The van der Waals surface area contributed by atoms with Crippen molar-refractivity contribution < 1.29 is 14.3 Å². The molecule has 0 spiro atoms. The van der Waals surface area contributed by atoms with E-state index >= 15 is 0 Å². The van der Waals surface area contributed by atoms with Gasteiger partial charge >= 0.3 is 6.09 Å². The first-order chi connectivity index (χ1) is 12.7. The lowest BCUT2D eigenvalue weighted by Crippen LogP contribution is -2.32. The Hall–Kier alpha value is -2.62. The lowest BCUT2D eigenvalue weighted by atomic mass is 10.0. The first-order valence-electron chi connectivity index (χ1n) is 8.68. The van der Waals surface area contributed by atoms with E-state index in [4.69, 9.17) is 4.74 Å². The quantitative estimate of drug-likeness (QED) is 0.559. The maximum Gasteiger partial charge on any atom is 0.407 e. The van der Waals surface area contributed by atoms with Gasteiger partial charge in [-0.05, 0) is 25.7 Å². The number of thiazole rings is 1. The second-order valence-electron chi connectivity index (χ2n) is 6.44. The minimum atomic E-state index is -0.404. The highest BCUT2D eigenvalue weighted by Crippen LogP contribution is 2.36. The fraction of sp³-hybridized carbons (Fsp3) is 0.500. The van der Waals surface area contributed by atoms with E-state index in [1.807, 2.05) is 6.07 Å². The van der Waals surface area contributed by atoms with Crippen molar-refractivity contribution in [2.75, 3.05) is 18.4 Å². The minimum absolute atomic E-state index is 0.0835. The van der Waals surface area contributed by atoms with Crippen molar-refractivity contribution in [3.8, 4) is 0 Å². The molecule has 2 amide bonds. The Morgan fingerprint density at radius 1 is 1.19 bits per heavy atom. The molecule has 1 aliphatic carbocycles. The van der Waals surface area contributed by atoms with Crippen molar-refractivity contribution in [1.29, 1.82) is 0 Å². The number of ether oxygens (including phenoxy) is 1. The van der Waals surface area contributed by atoms with Crippen LogP contribution in [0.5, 0.6) is 0 Å². The average molecular weight is 376 g/mol. The molecule has 0 radical (unpaired) electrons. The molecule has 6 bridgehead atoms. The van der Waals surface area contributed by atoms with E-state index in [1.165, 1.54) is 11.3 Å². The highest BCUT2D eigenvalue weighted by molar-refractivity contribution is 7.14. The van der Waals surface area contributed by atoms with Gasteiger partial charge in [-0.15, -0.1) is 11.3 Å². The number of hydrogen-bond acceptors (Lipinski definition) is 7. The highest BCUT2D eigenvalue weighted by atomic mass is 32.1. The van der Waals surface area contributed by atoms with Gasteiger partial charge in [0.05, 0.1) is 0 Å². The van der Waals surface area contributed by atoms with Crippen LogP contribution in [0.1, 0.15) is 47.8 Å². The predicted molar refractivity (Wildman–Crippen MR) is 95.8 cm³/mol. The van der Waals surface area contributed by atoms with Gasteiger partial charge in [0.1, 0.15) is 11.8 Å². The van der Waals surface area contributed by atoms with Crippen molar-refractivity contribution in [3.05, 3.63) is 22.8 Å². The smallest absolute Gasteiger partial charge is 0.407 e.